The molecule has 1 aromatic heterocycles. The quantitative estimate of drug-likeness (QED) is 0.602. The largest absolute Gasteiger partial charge is 0.529 e. The molecule has 2 aliphatic heterocycles. The number of carbonyl (C=O) groups is 1. The van der Waals surface area contributed by atoms with Crippen molar-refractivity contribution in [3.05, 3.63) is 18.7 Å². The van der Waals surface area contributed by atoms with Crippen LogP contribution >= 0.6 is 0 Å². The molecular formula is C11H16N4O2. The van der Waals surface area contributed by atoms with Gasteiger partial charge in [0.1, 0.15) is 12.4 Å². The molecule has 0 saturated heterocycles. The van der Waals surface area contributed by atoms with Gasteiger partial charge in [-0.25, -0.2) is 4.98 Å². The second kappa shape index (κ2) is 5.47. The van der Waals surface area contributed by atoms with E-state index in [2.05, 4.69) is 14.9 Å². The summed E-state index contributed by atoms with van der Waals surface area (Å²) in [6.45, 7) is 3.79. The van der Waals surface area contributed by atoms with E-state index in [0.717, 1.165) is 10.9 Å². The van der Waals surface area contributed by atoms with Gasteiger partial charge >= 0.3 is 0 Å². The zero-order chi connectivity index (χ0) is 12.1. The van der Waals surface area contributed by atoms with Gasteiger partial charge in [0.05, 0.1) is 26.1 Å². The number of nitrogens with zero attached hydrogens (tertiary/aromatic N) is 3. The monoisotopic (exact) mass is 236 g/mol. The summed E-state index contributed by atoms with van der Waals surface area (Å²) in [7, 11) is 0. The molecule has 0 saturated carbocycles. The molecule has 1 aromatic rings. The van der Waals surface area contributed by atoms with Crippen LogP contribution in [0.2, 0.25) is 0 Å². The van der Waals surface area contributed by atoms with E-state index in [1.54, 1.807) is 0 Å². The van der Waals surface area contributed by atoms with Crippen LogP contribution in [-0.4, -0.2) is 45.7 Å². The SMILES string of the molecule is C1CNC2=[N+](C1)CCC2.O=C([O-])n1ccnc1. The molecule has 3 rings (SSSR count). The predicted octanol–water partition coefficient (Wildman–Crippen LogP) is -0.741. The van der Waals surface area contributed by atoms with Crippen LogP contribution in [0, 0.1) is 0 Å². The Kier molecular flexibility index (Phi) is 3.74. The zero-order valence-corrected chi connectivity index (χ0v) is 9.63. The van der Waals surface area contributed by atoms with Gasteiger partial charge < -0.3 is 9.90 Å². The van der Waals surface area contributed by atoms with Crippen molar-refractivity contribution >= 4 is 11.9 Å². The highest BCUT2D eigenvalue weighted by molar-refractivity contribution is 5.78. The van der Waals surface area contributed by atoms with E-state index in [4.69, 9.17) is 0 Å². The first-order valence-electron chi connectivity index (χ1n) is 5.81. The predicted molar refractivity (Wildman–Crippen MR) is 59.9 cm³/mol. The molecule has 0 unspecified atom stereocenters. The maximum atomic E-state index is 9.87. The molecule has 3 heterocycles. The van der Waals surface area contributed by atoms with Crippen LogP contribution < -0.4 is 10.4 Å². The third-order valence-electron chi connectivity index (χ3n) is 2.87. The molecule has 0 atom stereocenters. The van der Waals surface area contributed by atoms with Gasteiger partial charge in [-0.1, -0.05) is 0 Å². The Hall–Kier alpha value is -1.85. The van der Waals surface area contributed by atoms with Gasteiger partial charge in [-0.3, -0.25) is 14.5 Å². The lowest BCUT2D eigenvalue weighted by Gasteiger charge is -2.09. The Morgan fingerprint density at radius 3 is 2.88 bits per heavy atom. The molecular weight excluding hydrogens is 220 g/mol. The number of hydrogen-bond acceptors (Lipinski definition) is 4. The van der Waals surface area contributed by atoms with Crippen LogP contribution in [0.4, 0.5) is 4.79 Å². The van der Waals surface area contributed by atoms with Crippen LogP contribution in [0.1, 0.15) is 19.3 Å². The van der Waals surface area contributed by atoms with Gasteiger partial charge in [0.15, 0.2) is 0 Å². The second-order valence-electron chi connectivity index (χ2n) is 4.05. The molecule has 0 aromatic carbocycles. The molecule has 0 bridgehead atoms. The molecule has 0 spiro atoms. The first-order valence-corrected chi connectivity index (χ1v) is 5.81. The molecule has 0 amide bonds. The van der Waals surface area contributed by atoms with Crippen molar-refractivity contribution in [3.63, 3.8) is 0 Å². The van der Waals surface area contributed by atoms with E-state index in [0.29, 0.717) is 0 Å². The minimum Gasteiger partial charge on any atom is -0.529 e. The number of nitrogens with one attached hydrogen (secondary N) is 1. The zero-order valence-electron chi connectivity index (χ0n) is 9.63. The summed E-state index contributed by atoms with van der Waals surface area (Å²) in [6.07, 6.45) is 6.55. The normalized spacial score (nSPS) is 17.9. The molecule has 0 fully saturated rings. The molecule has 17 heavy (non-hydrogen) atoms. The van der Waals surface area contributed by atoms with Crippen molar-refractivity contribution in [1.82, 2.24) is 14.9 Å². The summed E-state index contributed by atoms with van der Waals surface area (Å²) in [5.41, 5.74) is 0. The Balaban J connectivity index is 0.000000128. The fourth-order valence-electron chi connectivity index (χ4n) is 2.05. The molecule has 6 heteroatoms. The number of carboxylic acid groups (broad SMARTS) is 1. The van der Waals surface area contributed by atoms with Gasteiger partial charge in [-0.05, 0) is 6.42 Å². The van der Waals surface area contributed by atoms with Gasteiger partial charge in [-0.2, -0.15) is 0 Å². The fourth-order valence-corrected chi connectivity index (χ4v) is 2.05. The first-order chi connectivity index (χ1) is 8.27. The molecule has 1 N–H and O–H groups in total. The van der Waals surface area contributed by atoms with E-state index in [1.165, 1.54) is 57.1 Å². The molecule has 0 radical (unpaired) electrons. The Labute approximate surface area is 99.6 Å². The lowest BCUT2D eigenvalue weighted by molar-refractivity contribution is -0.525. The number of hydrogen-bond donors (Lipinski definition) is 1. The first kappa shape index (κ1) is 11.6. The van der Waals surface area contributed by atoms with Crippen LogP contribution in [0.5, 0.6) is 0 Å². The number of imidazole rings is 1. The Bertz CT molecular complexity index is 395. The van der Waals surface area contributed by atoms with Crippen molar-refractivity contribution in [2.45, 2.75) is 19.3 Å². The smallest absolute Gasteiger partial charge is 0.244 e. The lowest BCUT2D eigenvalue weighted by Crippen LogP contribution is -2.36. The van der Waals surface area contributed by atoms with Gasteiger partial charge in [0.2, 0.25) is 5.84 Å². The fraction of sp³-hybridized carbons (Fsp3) is 0.545. The van der Waals surface area contributed by atoms with Crippen LogP contribution in [-0.2, 0) is 0 Å². The van der Waals surface area contributed by atoms with Gasteiger partial charge in [0.25, 0.3) is 0 Å². The number of aromatic nitrogens is 2. The second-order valence-corrected chi connectivity index (χ2v) is 4.05. The minimum atomic E-state index is -1.26. The van der Waals surface area contributed by atoms with E-state index >= 15 is 0 Å². The van der Waals surface area contributed by atoms with Crippen molar-refractivity contribution < 1.29 is 14.5 Å². The number of amidine groups is 1. The minimum absolute atomic E-state index is 0.861. The Morgan fingerprint density at radius 2 is 2.29 bits per heavy atom. The molecule has 0 aliphatic carbocycles. The van der Waals surface area contributed by atoms with E-state index in [1.807, 2.05) is 0 Å². The molecule has 6 nitrogen and oxygen atoms in total. The van der Waals surface area contributed by atoms with Crippen LogP contribution in [0.3, 0.4) is 0 Å². The average Bonchev–Trinajstić information content (AvgIpc) is 3.01. The highest BCUT2D eigenvalue weighted by Crippen LogP contribution is 2.05. The third kappa shape index (κ3) is 3.05. The summed E-state index contributed by atoms with van der Waals surface area (Å²) < 4.78 is 3.34. The van der Waals surface area contributed by atoms with Crippen molar-refractivity contribution in [2.24, 2.45) is 0 Å². The maximum Gasteiger partial charge on any atom is 0.244 e. The summed E-state index contributed by atoms with van der Waals surface area (Å²) >= 11 is 0. The summed E-state index contributed by atoms with van der Waals surface area (Å²) in [6, 6.07) is 0. The molecule has 92 valence electrons. The third-order valence-corrected chi connectivity index (χ3v) is 2.87. The van der Waals surface area contributed by atoms with Gasteiger partial charge in [-0.15, -0.1) is 0 Å². The number of carbonyl (C=O) groups excluding carboxylic acids is 1. The van der Waals surface area contributed by atoms with Crippen molar-refractivity contribution in [2.75, 3.05) is 19.6 Å². The standard InChI is InChI=1S/C7H12N2.C4H4N2O2/c1-3-7-8-4-2-6-9(7)5-1;7-4(8)6-2-1-5-3-6/h1-6H2;1-3H,(H,7,8). The highest BCUT2D eigenvalue weighted by Gasteiger charge is 2.22. The van der Waals surface area contributed by atoms with E-state index in [-0.39, 0.29) is 0 Å². The van der Waals surface area contributed by atoms with Crippen molar-refractivity contribution in [3.8, 4) is 0 Å². The van der Waals surface area contributed by atoms with Crippen LogP contribution in [0.25, 0.3) is 0 Å². The summed E-state index contributed by atoms with van der Waals surface area (Å²) in [4.78, 5) is 13.4. The van der Waals surface area contributed by atoms with E-state index in [9.17, 15) is 9.90 Å². The van der Waals surface area contributed by atoms with Crippen molar-refractivity contribution in [1.29, 1.82) is 0 Å². The Morgan fingerprint density at radius 1 is 1.47 bits per heavy atom. The average molecular weight is 236 g/mol. The summed E-state index contributed by atoms with van der Waals surface area (Å²) in [5.74, 6) is 1.50. The van der Waals surface area contributed by atoms with E-state index < -0.39 is 6.09 Å². The summed E-state index contributed by atoms with van der Waals surface area (Å²) in [5, 5.41) is 13.3. The highest BCUT2D eigenvalue weighted by atomic mass is 16.4. The topological polar surface area (TPSA) is 73.0 Å². The maximum absolute atomic E-state index is 9.87. The molecule has 2 aliphatic rings. The van der Waals surface area contributed by atoms with Gasteiger partial charge in [0, 0.05) is 18.8 Å². The van der Waals surface area contributed by atoms with Crippen LogP contribution in [0.15, 0.2) is 18.7 Å². The number of rotatable bonds is 0. The lowest BCUT2D eigenvalue weighted by atomic mass is 10.3.